The van der Waals surface area contributed by atoms with Crippen LogP contribution in [0.3, 0.4) is 0 Å². The molecule has 0 saturated heterocycles. The Hall–Kier alpha value is -1.91. The highest BCUT2D eigenvalue weighted by Crippen LogP contribution is 2.10. The summed E-state index contributed by atoms with van der Waals surface area (Å²) in [6, 6.07) is -0.645. The molecule has 41 heavy (non-hydrogen) atoms. The molecule has 236 valence electrons. The van der Waals surface area contributed by atoms with Gasteiger partial charge in [-0.25, -0.2) is 0 Å². The molecule has 3 N–H and O–H groups in total. The van der Waals surface area contributed by atoms with Crippen molar-refractivity contribution in [2.45, 2.75) is 161 Å². The van der Waals surface area contributed by atoms with Gasteiger partial charge in [0, 0.05) is 6.42 Å². The van der Waals surface area contributed by atoms with E-state index in [1.807, 2.05) is 6.08 Å². The first-order chi connectivity index (χ1) is 20.2. The van der Waals surface area contributed by atoms with Crippen LogP contribution in [-0.2, 0) is 4.79 Å². The second-order valence-corrected chi connectivity index (χ2v) is 11.2. The third-order valence-corrected chi connectivity index (χ3v) is 7.22. The number of carbonyl (C=O) groups is 1. The first-order valence-electron chi connectivity index (χ1n) is 17.0. The third kappa shape index (κ3) is 29.4. The van der Waals surface area contributed by atoms with Gasteiger partial charge in [0.15, 0.2) is 0 Å². The topological polar surface area (TPSA) is 69.6 Å². The summed E-state index contributed by atoms with van der Waals surface area (Å²) < 4.78 is 0. The quantitative estimate of drug-likeness (QED) is 0.0618. The summed E-state index contributed by atoms with van der Waals surface area (Å²) in [6.45, 7) is 4.20. The molecule has 0 aromatic heterocycles. The number of nitrogens with one attached hydrogen (secondary N) is 1. The third-order valence-electron chi connectivity index (χ3n) is 7.22. The molecule has 0 fully saturated rings. The van der Waals surface area contributed by atoms with Crippen molar-refractivity contribution in [2.75, 3.05) is 6.61 Å². The molecule has 0 aliphatic heterocycles. The minimum absolute atomic E-state index is 0.0929. The molecule has 0 radical (unpaired) electrons. The van der Waals surface area contributed by atoms with Crippen molar-refractivity contribution in [1.29, 1.82) is 0 Å². The summed E-state index contributed by atoms with van der Waals surface area (Å²) in [6.07, 6.45) is 44.4. The number of allylic oxidation sites excluding steroid dienone is 9. The van der Waals surface area contributed by atoms with Crippen LogP contribution in [0.25, 0.3) is 0 Å². The number of rotatable bonds is 29. The zero-order valence-electron chi connectivity index (χ0n) is 26.8. The Morgan fingerprint density at radius 3 is 1.63 bits per heavy atom. The van der Waals surface area contributed by atoms with Crippen LogP contribution in [0.4, 0.5) is 0 Å². The number of hydrogen-bond donors (Lipinski definition) is 3. The Balaban J connectivity index is 3.72. The van der Waals surface area contributed by atoms with Gasteiger partial charge in [0.1, 0.15) is 0 Å². The zero-order valence-corrected chi connectivity index (χ0v) is 26.8. The molecule has 0 aromatic rings. The van der Waals surface area contributed by atoms with Gasteiger partial charge in [0.05, 0.1) is 18.8 Å². The fourth-order valence-electron chi connectivity index (χ4n) is 4.55. The van der Waals surface area contributed by atoms with Gasteiger partial charge in [0.25, 0.3) is 0 Å². The van der Waals surface area contributed by atoms with E-state index in [4.69, 9.17) is 0 Å². The van der Waals surface area contributed by atoms with Crippen molar-refractivity contribution in [3.8, 4) is 0 Å². The van der Waals surface area contributed by atoms with Crippen LogP contribution in [0.1, 0.15) is 149 Å². The summed E-state index contributed by atoms with van der Waals surface area (Å²) in [4.78, 5) is 12.3. The maximum absolute atomic E-state index is 12.3. The van der Waals surface area contributed by atoms with Crippen LogP contribution < -0.4 is 5.32 Å². The van der Waals surface area contributed by atoms with E-state index in [0.717, 1.165) is 57.8 Å². The molecule has 0 saturated carbocycles. The van der Waals surface area contributed by atoms with Gasteiger partial charge in [0.2, 0.25) is 5.91 Å². The van der Waals surface area contributed by atoms with Crippen LogP contribution in [-0.4, -0.2) is 34.9 Å². The van der Waals surface area contributed by atoms with E-state index < -0.39 is 12.1 Å². The van der Waals surface area contributed by atoms with E-state index in [1.54, 1.807) is 6.08 Å². The van der Waals surface area contributed by atoms with Crippen molar-refractivity contribution in [3.05, 3.63) is 60.8 Å². The summed E-state index contributed by atoms with van der Waals surface area (Å²) in [5.41, 5.74) is 0. The number of carbonyl (C=O) groups excluding carboxylic acids is 1. The highest BCUT2D eigenvalue weighted by atomic mass is 16.3. The van der Waals surface area contributed by atoms with E-state index >= 15 is 0 Å². The molecule has 4 heteroatoms. The number of aliphatic hydroxyl groups is 2. The van der Waals surface area contributed by atoms with Gasteiger partial charge in [-0.15, -0.1) is 0 Å². The van der Waals surface area contributed by atoms with Crippen LogP contribution >= 0.6 is 0 Å². The van der Waals surface area contributed by atoms with E-state index in [9.17, 15) is 15.0 Å². The molecule has 0 spiro atoms. The highest BCUT2D eigenvalue weighted by molar-refractivity contribution is 5.76. The summed E-state index contributed by atoms with van der Waals surface area (Å²) in [5.74, 6) is -0.0929. The lowest BCUT2D eigenvalue weighted by Crippen LogP contribution is -2.45. The molecule has 4 nitrogen and oxygen atoms in total. The van der Waals surface area contributed by atoms with Gasteiger partial charge in [-0.1, -0.05) is 132 Å². The maximum atomic E-state index is 12.3. The van der Waals surface area contributed by atoms with Crippen LogP contribution in [0.5, 0.6) is 0 Å². The van der Waals surface area contributed by atoms with Crippen LogP contribution in [0.15, 0.2) is 60.8 Å². The van der Waals surface area contributed by atoms with Crippen molar-refractivity contribution < 1.29 is 15.0 Å². The predicted molar refractivity (Wildman–Crippen MR) is 179 cm³/mol. The fourth-order valence-corrected chi connectivity index (χ4v) is 4.55. The normalized spacial score (nSPS) is 14.0. The lowest BCUT2D eigenvalue weighted by molar-refractivity contribution is -0.123. The Kier molecular flexibility index (Phi) is 31.1. The molecule has 0 aliphatic rings. The van der Waals surface area contributed by atoms with Crippen LogP contribution in [0, 0.1) is 0 Å². The van der Waals surface area contributed by atoms with Crippen molar-refractivity contribution in [3.63, 3.8) is 0 Å². The average molecular weight is 572 g/mol. The van der Waals surface area contributed by atoms with Crippen molar-refractivity contribution >= 4 is 5.91 Å². The summed E-state index contributed by atoms with van der Waals surface area (Å²) >= 11 is 0. The monoisotopic (exact) mass is 571 g/mol. The second kappa shape index (κ2) is 32.6. The molecule has 0 aromatic carbocycles. The zero-order chi connectivity index (χ0) is 30.1. The minimum Gasteiger partial charge on any atom is -0.394 e. The number of amides is 1. The smallest absolute Gasteiger partial charge is 0.220 e. The molecule has 0 rings (SSSR count). The van der Waals surface area contributed by atoms with Crippen molar-refractivity contribution in [2.24, 2.45) is 0 Å². The largest absolute Gasteiger partial charge is 0.394 e. The van der Waals surface area contributed by atoms with Gasteiger partial charge in [-0.2, -0.15) is 0 Å². The van der Waals surface area contributed by atoms with Gasteiger partial charge >= 0.3 is 0 Å². The first kappa shape index (κ1) is 39.1. The lowest BCUT2D eigenvalue weighted by Gasteiger charge is -2.19. The molecule has 0 aliphatic carbocycles. The Morgan fingerprint density at radius 1 is 0.585 bits per heavy atom. The van der Waals surface area contributed by atoms with Gasteiger partial charge in [-0.3, -0.25) is 4.79 Å². The summed E-state index contributed by atoms with van der Waals surface area (Å²) in [7, 11) is 0. The standard InChI is InChI=1S/C37H65NO3/c1-3-5-7-9-11-13-15-16-17-18-19-20-21-22-23-25-27-29-31-33-37(41)38-35(34-39)36(40)32-30-28-26-24-14-12-10-8-6-4-2/h11,13-14,16-17,19-20,24,30,32,35-36,39-40H,3-10,12,15,18,21-23,25-29,31,33-34H2,1-2H3,(H,38,41)/b13-11-,17-16-,20-19-,24-14+,32-30+. The molecule has 0 bridgehead atoms. The van der Waals surface area contributed by atoms with Gasteiger partial charge in [-0.05, 0) is 70.6 Å². The average Bonchev–Trinajstić information content (AvgIpc) is 2.97. The molecule has 2 atom stereocenters. The maximum Gasteiger partial charge on any atom is 0.220 e. The number of hydrogen-bond acceptors (Lipinski definition) is 3. The number of unbranched alkanes of at least 4 members (excludes halogenated alkanes) is 14. The van der Waals surface area contributed by atoms with E-state index in [1.165, 1.54) is 70.6 Å². The van der Waals surface area contributed by atoms with Crippen LogP contribution in [0.2, 0.25) is 0 Å². The SMILES string of the molecule is CCCCC/C=C\C/C=C\C/C=C\CCCCCCCCC(=O)NC(CO)C(O)/C=C/CC/C=C/CCCCCC. The van der Waals surface area contributed by atoms with E-state index in [-0.39, 0.29) is 12.5 Å². The fraction of sp³-hybridized carbons (Fsp3) is 0.703. The molecular formula is C37H65NO3. The highest BCUT2D eigenvalue weighted by Gasteiger charge is 2.17. The lowest BCUT2D eigenvalue weighted by atomic mass is 10.1. The Bertz CT molecular complexity index is 707. The predicted octanol–water partition coefficient (Wildman–Crippen LogP) is 9.84. The van der Waals surface area contributed by atoms with E-state index in [0.29, 0.717) is 6.42 Å². The summed E-state index contributed by atoms with van der Waals surface area (Å²) in [5, 5.41) is 22.7. The molecule has 0 heterocycles. The van der Waals surface area contributed by atoms with Crippen molar-refractivity contribution in [1.82, 2.24) is 5.32 Å². The van der Waals surface area contributed by atoms with E-state index in [2.05, 4.69) is 67.8 Å². The first-order valence-corrected chi connectivity index (χ1v) is 17.0. The molecule has 2 unspecified atom stereocenters. The Morgan fingerprint density at radius 2 is 1.02 bits per heavy atom. The molecular weight excluding hydrogens is 506 g/mol. The number of aliphatic hydroxyl groups excluding tert-OH is 2. The second-order valence-electron chi connectivity index (χ2n) is 11.2. The Labute approximate surface area is 254 Å². The minimum atomic E-state index is -0.866. The molecule has 1 amide bonds. The van der Waals surface area contributed by atoms with Gasteiger partial charge < -0.3 is 15.5 Å².